The SMILES string of the molecule is CCc1nn(CCCS(C)(=O)=O)c(CC)c1CCl. The van der Waals surface area contributed by atoms with Crippen molar-refractivity contribution in [3.05, 3.63) is 17.0 Å². The highest BCUT2D eigenvalue weighted by molar-refractivity contribution is 7.90. The summed E-state index contributed by atoms with van der Waals surface area (Å²) in [6.07, 6.45) is 3.58. The van der Waals surface area contributed by atoms with Gasteiger partial charge in [-0.05, 0) is 19.3 Å². The maximum Gasteiger partial charge on any atom is 0.147 e. The predicted molar refractivity (Wildman–Crippen MR) is 74.9 cm³/mol. The van der Waals surface area contributed by atoms with E-state index in [0.29, 0.717) is 18.8 Å². The summed E-state index contributed by atoms with van der Waals surface area (Å²) in [7, 11) is -2.90. The summed E-state index contributed by atoms with van der Waals surface area (Å²) >= 11 is 5.97. The van der Waals surface area contributed by atoms with Gasteiger partial charge in [0, 0.05) is 24.1 Å². The lowest BCUT2D eigenvalue weighted by atomic mass is 10.1. The first-order valence-electron chi connectivity index (χ1n) is 6.24. The lowest BCUT2D eigenvalue weighted by Crippen LogP contribution is -2.10. The van der Waals surface area contributed by atoms with Crippen LogP contribution in [-0.2, 0) is 35.1 Å². The van der Waals surface area contributed by atoms with Gasteiger partial charge in [0.25, 0.3) is 0 Å². The fraction of sp³-hybridized carbons (Fsp3) is 0.750. The van der Waals surface area contributed by atoms with Gasteiger partial charge in [-0.25, -0.2) is 8.42 Å². The van der Waals surface area contributed by atoms with Crippen LogP contribution >= 0.6 is 11.6 Å². The second-order valence-electron chi connectivity index (χ2n) is 4.42. The van der Waals surface area contributed by atoms with E-state index in [9.17, 15) is 8.42 Å². The fourth-order valence-electron chi connectivity index (χ4n) is 2.08. The van der Waals surface area contributed by atoms with Crippen molar-refractivity contribution in [1.29, 1.82) is 0 Å². The Balaban J connectivity index is 2.85. The molecule has 0 atom stereocenters. The van der Waals surface area contributed by atoms with E-state index >= 15 is 0 Å². The second-order valence-corrected chi connectivity index (χ2v) is 6.95. The summed E-state index contributed by atoms with van der Waals surface area (Å²) in [5.41, 5.74) is 3.28. The van der Waals surface area contributed by atoms with Crippen molar-refractivity contribution >= 4 is 21.4 Å². The van der Waals surface area contributed by atoms with E-state index in [-0.39, 0.29) is 5.75 Å². The van der Waals surface area contributed by atoms with E-state index in [1.807, 2.05) is 4.68 Å². The molecule has 104 valence electrons. The van der Waals surface area contributed by atoms with Crippen LogP contribution < -0.4 is 0 Å². The van der Waals surface area contributed by atoms with Crippen molar-refractivity contribution in [2.75, 3.05) is 12.0 Å². The third-order valence-electron chi connectivity index (χ3n) is 2.94. The Kier molecular flexibility index (Phi) is 5.66. The smallest absolute Gasteiger partial charge is 0.147 e. The first-order chi connectivity index (χ1) is 8.42. The molecule has 0 spiro atoms. The average Bonchev–Trinajstić information content (AvgIpc) is 2.64. The summed E-state index contributed by atoms with van der Waals surface area (Å²) in [5, 5.41) is 4.53. The van der Waals surface area contributed by atoms with Crippen LogP contribution in [-0.4, -0.2) is 30.2 Å². The number of hydrogen-bond donors (Lipinski definition) is 0. The van der Waals surface area contributed by atoms with Gasteiger partial charge in [0.05, 0.1) is 17.3 Å². The van der Waals surface area contributed by atoms with Crippen LogP contribution in [0.4, 0.5) is 0 Å². The lowest BCUT2D eigenvalue weighted by Gasteiger charge is -2.06. The molecule has 0 bridgehead atoms. The first-order valence-corrected chi connectivity index (χ1v) is 8.83. The summed E-state index contributed by atoms with van der Waals surface area (Å²) in [6.45, 7) is 4.76. The van der Waals surface area contributed by atoms with Crippen LogP contribution in [0.5, 0.6) is 0 Å². The van der Waals surface area contributed by atoms with Crippen molar-refractivity contribution in [2.24, 2.45) is 0 Å². The van der Waals surface area contributed by atoms with Gasteiger partial charge in [-0.1, -0.05) is 13.8 Å². The molecule has 1 rings (SSSR count). The standard InChI is InChI=1S/C12H21ClN2O2S/c1-4-11-10(9-13)12(5-2)15(14-11)7-6-8-18(3,16)17/h4-9H2,1-3H3. The zero-order chi connectivity index (χ0) is 13.8. The monoisotopic (exact) mass is 292 g/mol. The number of sulfone groups is 1. The van der Waals surface area contributed by atoms with Crippen molar-refractivity contribution in [1.82, 2.24) is 9.78 Å². The van der Waals surface area contributed by atoms with Crippen LogP contribution in [0.3, 0.4) is 0 Å². The van der Waals surface area contributed by atoms with E-state index in [2.05, 4.69) is 18.9 Å². The normalized spacial score (nSPS) is 12.0. The molecule has 0 saturated heterocycles. The van der Waals surface area contributed by atoms with Crippen molar-refractivity contribution in [2.45, 2.75) is 45.5 Å². The Bertz CT molecular complexity index is 494. The van der Waals surface area contributed by atoms with Gasteiger partial charge in [0.1, 0.15) is 9.84 Å². The molecule has 0 aliphatic heterocycles. The minimum atomic E-state index is -2.90. The summed E-state index contributed by atoms with van der Waals surface area (Å²) in [5.74, 6) is 0.673. The molecule has 0 fully saturated rings. The molecule has 0 aliphatic rings. The topological polar surface area (TPSA) is 52.0 Å². The van der Waals surface area contributed by atoms with Crippen LogP contribution in [0.1, 0.15) is 37.2 Å². The zero-order valence-electron chi connectivity index (χ0n) is 11.2. The molecular weight excluding hydrogens is 272 g/mol. The van der Waals surface area contributed by atoms with Gasteiger partial charge in [0.2, 0.25) is 0 Å². The van der Waals surface area contributed by atoms with Gasteiger partial charge >= 0.3 is 0 Å². The molecule has 0 N–H and O–H groups in total. The highest BCUT2D eigenvalue weighted by Gasteiger charge is 2.14. The van der Waals surface area contributed by atoms with E-state index in [4.69, 9.17) is 11.6 Å². The quantitative estimate of drug-likeness (QED) is 0.724. The number of nitrogens with zero attached hydrogens (tertiary/aromatic N) is 2. The maximum absolute atomic E-state index is 11.1. The Morgan fingerprint density at radius 1 is 1.28 bits per heavy atom. The number of alkyl halides is 1. The highest BCUT2D eigenvalue weighted by atomic mass is 35.5. The maximum atomic E-state index is 11.1. The Hall–Kier alpha value is -0.550. The molecule has 6 heteroatoms. The van der Waals surface area contributed by atoms with Crippen LogP contribution in [0, 0.1) is 0 Å². The predicted octanol–water partition coefficient (Wildman–Crippen LogP) is 2.18. The van der Waals surface area contributed by atoms with Gasteiger partial charge < -0.3 is 0 Å². The van der Waals surface area contributed by atoms with Gasteiger partial charge in [0.15, 0.2) is 0 Å². The Labute approximate surface area is 114 Å². The minimum Gasteiger partial charge on any atom is -0.269 e. The number of halogens is 1. The molecule has 18 heavy (non-hydrogen) atoms. The molecule has 1 heterocycles. The molecule has 4 nitrogen and oxygen atoms in total. The zero-order valence-corrected chi connectivity index (χ0v) is 12.8. The molecule has 0 amide bonds. The third-order valence-corrected chi connectivity index (χ3v) is 4.24. The summed E-state index contributed by atoms with van der Waals surface area (Å²) in [6, 6.07) is 0. The molecule has 0 unspecified atom stereocenters. The van der Waals surface area contributed by atoms with Crippen LogP contribution in [0.2, 0.25) is 0 Å². The van der Waals surface area contributed by atoms with Crippen molar-refractivity contribution < 1.29 is 8.42 Å². The molecule has 0 saturated carbocycles. The van der Waals surface area contributed by atoms with Gasteiger partial charge in [-0.15, -0.1) is 11.6 Å². The molecule has 0 aromatic carbocycles. The first kappa shape index (κ1) is 15.5. The average molecular weight is 293 g/mol. The highest BCUT2D eigenvalue weighted by Crippen LogP contribution is 2.18. The van der Waals surface area contributed by atoms with Crippen molar-refractivity contribution in [3.8, 4) is 0 Å². The largest absolute Gasteiger partial charge is 0.269 e. The second kappa shape index (κ2) is 6.57. The van der Waals surface area contributed by atoms with Gasteiger partial charge in [-0.3, -0.25) is 4.68 Å². The lowest BCUT2D eigenvalue weighted by molar-refractivity contribution is 0.559. The fourth-order valence-corrected chi connectivity index (χ4v) is 3.05. The van der Waals surface area contributed by atoms with Crippen LogP contribution in [0.15, 0.2) is 0 Å². The molecular formula is C12H21ClN2O2S. The number of aryl methyl sites for hydroxylation is 2. The Morgan fingerprint density at radius 2 is 1.94 bits per heavy atom. The van der Waals surface area contributed by atoms with E-state index in [0.717, 1.165) is 29.8 Å². The molecule has 0 radical (unpaired) electrons. The van der Waals surface area contributed by atoms with E-state index in [1.165, 1.54) is 6.26 Å². The number of hydrogen-bond acceptors (Lipinski definition) is 3. The van der Waals surface area contributed by atoms with Gasteiger partial charge in [-0.2, -0.15) is 5.10 Å². The number of aromatic nitrogens is 2. The third kappa shape index (κ3) is 3.99. The molecule has 0 aliphatic carbocycles. The summed E-state index contributed by atoms with van der Waals surface area (Å²) < 4.78 is 24.1. The Morgan fingerprint density at radius 3 is 2.39 bits per heavy atom. The molecule has 1 aromatic rings. The van der Waals surface area contributed by atoms with E-state index < -0.39 is 9.84 Å². The van der Waals surface area contributed by atoms with E-state index in [1.54, 1.807) is 0 Å². The van der Waals surface area contributed by atoms with Crippen LogP contribution in [0.25, 0.3) is 0 Å². The molecule has 1 aromatic heterocycles. The minimum absolute atomic E-state index is 0.202. The number of rotatable bonds is 7. The summed E-state index contributed by atoms with van der Waals surface area (Å²) in [4.78, 5) is 0. The van der Waals surface area contributed by atoms with Crippen molar-refractivity contribution in [3.63, 3.8) is 0 Å².